The summed E-state index contributed by atoms with van der Waals surface area (Å²) in [4.78, 5) is 101. The second-order valence-electron chi connectivity index (χ2n) is 13.9. The lowest BCUT2D eigenvalue weighted by Gasteiger charge is -2.33. The van der Waals surface area contributed by atoms with E-state index < -0.39 is 94.6 Å². The first-order valence-electron chi connectivity index (χ1n) is 14.0. The summed E-state index contributed by atoms with van der Waals surface area (Å²) >= 11 is 0. The summed E-state index contributed by atoms with van der Waals surface area (Å²) < 4.78 is 21.6. The summed E-state index contributed by atoms with van der Waals surface area (Å²) in [5.41, 5.74) is -5.19. The zero-order valence-corrected chi connectivity index (χ0v) is 27.7. The molecule has 0 unspecified atom stereocenters. The number of Topliss-reactive ketones (excluding diaryl/α,β-unsaturated/α-hetero) is 1. The van der Waals surface area contributed by atoms with Crippen LogP contribution in [0.25, 0.3) is 0 Å². The number of aromatic nitrogens is 2. The minimum Gasteiger partial charge on any atom is -0.443 e. The Kier molecular flexibility index (Phi) is 10.4. The molecule has 16 nitrogen and oxygen atoms in total. The number of hydrogen-bond acceptors (Lipinski definition) is 13. The van der Waals surface area contributed by atoms with E-state index in [1.54, 1.807) is 0 Å². The van der Waals surface area contributed by atoms with Crippen LogP contribution in [0.3, 0.4) is 0 Å². The van der Waals surface area contributed by atoms with Gasteiger partial charge in [0.2, 0.25) is 11.9 Å². The Balaban J connectivity index is 3.09. The smallest absolute Gasteiger partial charge is 0.427 e. The van der Waals surface area contributed by atoms with Crippen LogP contribution in [0, 0.1) is 0 Å². The van der Waals surface area contributed by atoms with Crippen molar-refractivity contribution in [2.45, 2.75) is 112 Å². The minimum absolute atomic E-state index is 0.269. The molecule has 0 radical (unpaired) electrons. The number of amides is 5. The standard InChI is InChI=1S/C29H41N5O11/c1-26(2,3)42-22(38)33(23(39)43-27(4,5)6)20-18-16(36)15-17(37)32(13-14-35)19(18)30-21(31-20)34(24(40)44-28(7,8)9)25(41)45-29(10,11)12/h14H,13,15H2,1-12H3. The van der Waals surface area contributed by atoms with Crippen molar-refractivity contribution in [3.8, 4) is 0 Å². The SMILES string of the molecule is CC(C)(C)OC(=O)N(C(=O)OC(C)(C)C)c1nc2c(c(N(C(=O)OC(C)(C)C)C(=O)OC(C)(C)C)n1)C(=O)CC(=O)N2CC=O. The summed E-state index contributed by atoms with van der Waals surface area (Å²) in [5.74, 6) is -4.02. The number of carbonyl (C=O) groups excluding carboxylic acids is 7. The predicted octanol–water partition coefficient (Wildman–Crippen LogP) is 4.95. The van der Waals surface area contributed by atoms with E-state index in [1.807, 2.05) is 0 Å². The Morgan fingerprint density at radius 2 is 1.07 bits per heavy atom. The summed E-state index contributed by atoms with van der Waals surface area (Å²) in [6.07, 6.45) is -5.81. The van der Waals surface area contributed by atoms with Gasteiger partial charge < -0.3 is 23.7 Å². The third kappa shape index (κ3) is 9.94. The highest BCUT2D eigenvalue weighted by Crippen LogP contribution is 2.36. The molecule has 0 saturated carbocycles. The molecule has 1 aliphatic heterocycles. The van der Waals surface area contributed by atoms with Crippen LogP contribution < -0.4 is 14.7 Å². The molecule has 2 rings (SSSR count). The van der Waals surface area contributed by atoms with Crippen molar-refractivity contribution in [1.29, 1.82) is 0 Å². The van der Waals surface area contributed by atoms with E-state index in [9.17, 15) is 33.6 Å². The quantitative estimate of drug-likeness (QED) is 0.245. The zero-order chi connectivity index (χ0) is 34.9. The van der Waals surface area contributed by atoms with Gasteiger partial charge in [0.05, 0.1) is 13.0 Å². The van der Waals surface area contributed by atoms with Gasteiger partial charge in [-0.3, -0.25) is 14.5 Å². The van der Waals surface area contributed by atoms with Gasteiger partial charge in [0.15, 0.2) is 17.4 Å². The van der Waals surface area contributed by atoms with Crippen molar-refractivity contribution in [2.75, 3.05) is 21.2 Å². The third-order valence-electron chi connectivity index (χ3n) is 4.98. The van der Waals surface area contributed by atoms with Crippen molar-refractivity contribution in [3.63, 3.8) is 0 Å². The van der Waals surface area contributed by atoms with Gasteiger partial charge in [-0.2, -0.15) is 14.9 Å². The lowest BCUT2D eigenvalue weighted by molar-refractivity contribution is -0.119. The van der Waals surface area contributed by atoms with Crippen molar-refractivity contribution in [2.24, 2.45) is 0 Å². The summed E-state index contributed by atoms with van der Waals surface area (Å²) in [6.45, 7) is 17.6. The molecular weight excluding hydrogens is 594 g/mol. The number of rotatable bonds is 4. The van der Waals surface area contributed by atoms with E-state index in [0.29, 0.717) is 6.29 Å². The number of hydrogen-bond donors (Lipinski definition) is 0. The number of ether oxygens (including phenoxy) is 4. The molecule has 5 amide bonds. The summed E-state index contributed by atoms with van der Waals surface area (Å²) in [7, 11) is 0. The Morgan fingerprint density at radius 1 is 0.689 bits per heavy atom. The first-order chi connectivity index (χ1) is 20.2. The van der Waals surface area contributed by atoms with Crippen molar-refractivity contribution in [3.05, 3.63) is 5.56 Å². The fraction of sp³-hybridized carbons (Fsp3) is 0.621. The number of fused-ring (bicyclic) bond motifs is 1. The number of anilines is 3. The lowest BCUT2D eigenvalue weighted by Crippen LogP contribution is -2.48. The molecule has 0 N–H and O–H groups in total. The monoisotopic (exact) mass is 635 g/mol. The van der Waals surface area contributed by atoms with Crippen LogP contribution in [0.5, 0.6) is 0 Å². The maximum Gasteiger partial charge on any atom is 0.427 e. The van der Waals surface area contributed by atoms with Crippen LogP contribution in [0.15, 0.2) is 0 Å². The van der Waals surface area contributed by atoms with E-state index in [1.165, 1.54) is 83.1 Å². The van der Waals surface area contributed by atoms with Crippen LogP contribution in [-0.2, 0) is 28.5 Å². The van der Waals surface area contributed by atoms with E-state index in [0.717, 1.165) is 4.90 Å². The molecule has 0 aliphatic carbocycles. The molecule has 2 heterocycles. The second-order valence-corrected chi connectivity index (χ2v) is 13.9. The van der Waals surface area contributed by atoms with Crippen LogP contribution in [-0.4, -0.2) is 81.3 Å². The van der Waals surface area contributed by atoms with Crippen LogP contribution in [0.2, 0.25) is 0 Å². The lowest BCUT2D eigenvalue weighted by atomic mass is 10.0. The highest BCUT2D eigenvalue weighted by Gasteiger charge is 2.44. The van der Waals surface area contributed by atoms with Gasteiger partial charge in [0.1, 0.15) is 34.3 Å². The van der Waals surface area contributed by atoms with Crippen LogP contribution >= 0.6 is 0 Å². The Morgan fingerprint density at radius 3 is 1.42 bits per heavy atom. The van der Waals surface area contributed by atoms with Crippen molar-refractivity contribution < 1.29 is 52.5 Å². The molecule has 0 saturated heterocycles. The number of aldehydes is 1. The van der Waals surface area contributed by atoms with Gasteiger partial charge in [0, 0.05) is 0 Å². The van der Waals surface area contributed by atoms with E-state index in [2.05, 4.69) is 9.97 Å². The van der Waals surface area contributed by atoms with Gasteiger partial charge >= 0.3 is 24.4 Å². The topological polar surface area (TPSA) is 192 Å². The highest BCUT2D eigenvalue weighted by atomic mass is 16.6. The van der Waals surface area contributed by atoms with E-state index >= 15 is 0 Å². The molecule has 1 aromatic heterocycles. The predicted molar refractivity (Wildman–Crippen MR) is 159 cm³/mol. The fourth-order valence-corrected chi connectivity index (χ4v) is 3.55. The third-order valence-corrected chi connectivity index (χ3v) is 4.98. The normalized spacial score (nSPS) is 13.8. The largest absolute Gasteiger partial charge is 0.443 e. The van der Waals surface area contributed by atoms with E-state index in [4.69, 9.17) is 18.9 Å². The number of nitrogens with zero attached hydrogens (tertiary/aromatic N) is 5. The van der Waals surface area contributed by atoms with E-state index in [-0.39, 0.29) is 9.80 Å². The van der Waals surface area contributed by atoms with Gasteiger partial charge in [0.25, 0.3) is 0 Å². The molecule has 0 aromatic carbocycles. The molecular formula is C29H41N5O11. The van der Waals surface area contributed by atoms with Crippen molar-refractivity contribution >= 4 is 59.9 Å². The van der Waals surface area contributed by atoms with Gasteiger partial charge in [-0.1, -0.05) is 0 Å². The molecule has 1 aromatic rings. The van der Waals surface area contributed by atoms with Crippen LogP contribution in [0.1, 0.15) is 99.9 Å². The number of carbonyl (C=O) groups is 7. The molecule has 1 aliphatic rings. The van der Waals surface area contributed by atoms with Gasteiger partial charge in [-0.25, -0.2) is 19.2 Å². The molecule has 0 fully saturated rings. The molecule has 16 heteroatoms. The second kappa shape index (κ2) is 12.8. The number of ketones is 1. The molecule has 0 bridgehead atoms. The highest BCUT2D eigenvalue weighted by molar-refractivity contribution is 6.24. The summed E-state index contributed by atoms with van der Waals surface area (Å²) in [5, 5.41) is 0. The first kappa shape index (κ1) is 36.6. The van der Waals surface area contributed by atoms with Crippen molar-refractivity contribution in [1.82, 2.24) is 9.97 Å². The van der Waals surface area contributed by atoms with Gasteiger partial charge in [-0.05, 0) is 83.1 Å². The zero-order valence-electron chi connectivity index (χ0n) is 27.7. The maximum atomic E-state index is 13.6. The maximum absolute atomic E-state index is 13.6. The number of imide groups is 2. The van der Waals surface area contributed by atoms with Gasteiger partial charge in [-0.15, -0.1) is 4.90 Å². The minimum atomic E-state index is -1.35. The molecule has 248 valence electrons. The Bertz CT molecular complexity index is 1340. The average molecular weight is 636 g/mol. The fourth-order valence-electron chi connectivity index (χ4n) is 3.55. The average Bonchev–Trinajstić information content (AvgIpc) is 2.76. The summed E-state index contributed by atoms with van der Waals surface area (Å²) in [6, 6.07) is 0. The first-order valence-corrected chi connectivity index (χ1v) is 14.0. The van der Waals surface area contributed by atoms with Crippen LogP contribution in [0.4, 0.5) is 36.8 Å². The molecule has 0 spiro atoms. The Labute approximate surface area is 261 Å². The molecule has 45 heavy (non-hydrogen) atoms. The molecule has 0 atom stereocenters. The Hall–Kier alpha value is -4.63.